The van der Waals surface area contributed by atoms with Gasteiger partial charge in [-0.15, -0.1) is 0 Å². The Balaban J connectivity index is 2.31. The minimum Gasteiger partial charge on any atom is -0.375 e. The summed E-state index contributed by atoms with van der Waals surface area (Å²) in [6, 6.07) is 10.0. The number of para-hydroxylation sites is 1. The predicted octanol–water partition coefficient (Wildman–Crippen LogP) is 1.84. The number of benzene rings is 1. The Morgan fingerprint density at radius 2 is 1.83 bits per heavy atom. The zero-order chi connectivity index (χ0) is 13.6. The molecule has 0 heterocycles. The van der Waals surface area contributed by atoms with Crippen molar-refractivity contribution in [3.63, 3.8) is 0 Å². The lowest BCUT2D eigenvalue weighted by atomic mass is 10.3. The van der Waals surface area contributed by atoms with Crippen molar-refractivity contribution in [3.05, 3.63) is 30.3 Å². The van der Waals surface area contributed by atoms with E-state index in [0.717, 1.165) is 18.7 Å². The predicted molar refractivity (Wildman–Crippen MR) is 76.4 cm³/mol. The lowest BCUT2D eigenvalue weighted by Crippen LogP contribution is -2.33. The van der Waals surface area contributed by atoms with Crippen LogP contribution in [0.2, 0.25) is 0 Å². The first-order valence-corrected chi connectivity index (χ1v) is 7.73. The van der Waals surface area contributed by atoms with Crippen LogP contribution in [0.25, 0.3) is 0 Å². The van der Waals surface area contributed by atoms with Gasteiger partial charge in [-0.3, -0.25) is 0 Å². The molecule has 1 aromatic rings. The molecule has 0 spiro atoms. The summed E-state index contributed by atoms with van der Waals surface area (Å²) in [5.74, 6) is 0. The van der Waals surface area contributed by atoms with Crippen LogP contribution in [-0.4, -0.2) is 33.8 Å². The number of anilines is 1. The van der Waals surface area contributed by atoms with Crippen LogP contribution in [0.3, 0.4) is 0 Å². The average molecular weight is 270 g/mol. The molecular formula is C13H22N2O2S. The monoisotopic (exact) mass is 270 g/mol. The van der Waals surface area contributed by atoms with E-state index in [2.05, 4.69) is 9.62 Å². The summed E-state index contributed by atoms with van der Waals surface area (Å²) in [5.41, 5.74) is 1.14. The average Bonchev–Trinajstić information content (AvgIpc) is 2.35. The topological polar surface area (TPSA) is 49.4 Å². The Labute approximate surface area is 110 Å². The number of nitrogens with one attached hydrogen (secondary N) is 1. The molecule has 18 heavy (non-hydrogen) atoms. The van der Waals surface area contributed by atoms with E-state index < -0.39 is 10.0 Å². The Morgan fingerprint density at radius 1 is 1.22 bits per heavy atom. The normalized spacial score (nSPS) is 11.8. The van der Waals surface area contributed by atoms with E-state index in [1.165, 1.54) is 0 Å². The highest BCUT2D eigenvalue weighted by molar-refractivity contribution is 7.90. The van der Waals surface area contributed by atoms with Crippen LogP contribution in [0, 0.1) is 0 Å². The number of hydrogen-bond acceptors (Lipinski definition) is 3. The molecule has 0 aliphatic rings. The molecule has 0 saturated carbocycles. The largest absolute Gasteiger partial charge is 0.375 e. The first kappa shape index (κ1) is 15.0. The van der Waals surface area contributed by atoms with Crippen LogP contribution in [0.5, 0.6) is 0 Å². The highest BCUT2D eigenvalue weighted by Gasteiger charge is 2.14. The molecule has 0 unspecified atom stereocenters. The summed E-state index contributed by atoms with van der Waals surface area (Å²) in [7, 11) is -1.12. The first-order valence-electron chi connectivity index (χ1n) is 6.18. The summed E-state index contributed by atoms with van der Waals surface area (Å²) in [6.07, 6.45) is 0.789. The van der Waals surface area contributed by atoms with Gasteiger partial charge in [0.25, 0.3) is 0 Å². The lowest BCUT2D eigenvalue weighted by molar-refractivity contribution is 0.570. The second-order valence-corrected chi connectivity index (χ2v) is 6.92. The van der Waals surface area contributed by atoms with Gasteiger partial charge in [0.2, 0.25) is 10.0 Å². The van der Waals surface area contributed by atoms with E-state index in [9.17, 15) is 8.42 Å². The van der Waals surface area contributed by atoms with Gasteiger partial charge < -0.3 is 4.90 Å². The zero-order valence-corrected chi connectivity index (χ0v) is 12.1. The summed E-state index contributed by atoms with van der Waals surface area (Å²) < 4.78 is 25.7. The van der Waals surface area contributed by atoms with Crippen molar-refractivity contribution in [3.8, 4) is 0 Å². The number of hydrogen-bond donors (Lipinski definition) is 1. The zero-order valence-electron chi connectivity index (χ0n) is 11.3. The molecule has 0 aliphatic carbocycles. The van der Waals surface area contributed by atoms with Crippen molar-refractivity contribution < 1.29 is 8.42 Å². The second-order valence-electron chi connectivity index (χ2n) is 4.60. The molecule has 4 nitrogen and oxygen atoms in total. The number of sulfonamides is 1. The Morgan fingerprint density at radius 3 is 2.39 bits per heavy atom. The highest BCUT2D eigenvalue weighted by Crippen LogP contribution is 2.10. The van der Waals surface area contributed by atoms with Gasteiger partial charge in [-0.1, -0.05) is 18.2 Å². The van der Waals surface area contributed by atoms with E-state index >= 15 is 0 Å². The molecule has 0 atom stereocenters. The van der Waals surface area contributed by atoms with Gasteiger partial charge in [-0.05, 0) is 32.4 Å². The van der Waals surface area contributed by atoms with Crippen molar-refractivity contribution in [1.29, 1.82) is 0 Å². The molecule has 0 radical (unpaired) electrons. The fourth-order valence-electron chi connectivity index (χ4n) is 1.51. The molecule has 102 valence electrons. The van der Waals surface area contributed by atoms with E-state index in [-0.39, 0.29) is 5.25 Å². The fourth-order valence-corrected chi connectivity index (χ4v) is 2.27. The second kappa shape index (κ2) is 6.75. The molecule has 0 fully saturated rings. The molecule has 0 bridgehead atoms. The SMILES string of the molecule is CC(C)S(=O)(=O)NCCCN(C)c1ccccc1. The standard InChI is InChI=1S/C13H22N2O2S/c1-12(2)18(16,17)14-10-7-11-15(3)13-8-5-4-6-9-13/h4-6,8-9,12,14H,7,10-11H2,1-3H3. The molecule has 5 heteroatoms. The highest BCUT2D eigenvalue weighted by atomic mass is 32.2. The summed E-state index contributed by atoms with van der Waals surface area (Å²) >= 11 is 0. The summed E-state index contributed by atoms with van der Waals surface area (Å²) in [4.78, 5) is 2.11. The molecule has 1 N–H and O–H groups in total. The van der Waals surface area contributed by atoms with Gasteiger partial charge in [0, 0.05) is 25.8 Å². The molecule has 0 amide bonds. The molecule has 1 rings (SSSR count). The first-order chi connectivity index (χ1) is 8.43. The quantitative estimate of drug-likeness (QED) is 0.769. The maximum Gasteiger partial charge on any atom is 0.213 e. The van der Waals surface area contributed by atoms with Gasteiger partial charge in [0.1, 0.15) is 0 Å². The van der Waals surface area contributed by atoms with Crippen molar-refractivity contribution in [2.75, 3.05) is 25.0 Å². The van der Waals surface area contributed by atoms with Gasteiger partial charge >= 0.3 is 0 Å². The molecule has 1 aromatic carbocycles. The molecule has 0 saturated heterocycles. The molecular weight excluding hydrogens is 248 g/mol. The maximum atomic E-state index is 11.5. The van der Waals surface area contributed by atoms with Crippen LogP contribution in [0.15, 0.2) is 30.3 Å². The van der Waals surface area contributed by atoms with Crippen LogP contribution < -0.4 is 9.62 Å². The van der Waals surface area contributed by atoms with Gasteiger partial charge in [-0.25, -0.2) is 13.1 Å². The van der Waals surface area contributed by atoms with E-state index in [0.29, 0.717) is 6.54 Å². The summed E-state index contributed by atoms with van der Waals surface area (Å²) in [5, 5.41) is -0.371. The van der Waals surface area contributed by atoms with Crippen LogP contribution >= 0.6 is 0 Å². The number of nitrogens with zero attached hydrogens (tertiary/aromatic N) is 1. The van der Waals surface area contributed by atoms with Gasteiger partial charge in [-0.2, -0.15) is 0 Å². The third kappa shape index (κ3) is 4.66. The van der Waals surface area contributed by atoms with E-state index in [4.69, 9.17) is 0 Å². The van der Waals surface area contributed by atoms with Gasteiger partial charge in [0.15, 0.2) is 0 Å². The Kier molecular flexibility index (Phi) is 5.62. The van der Waals surface area contributed by atoms with Crippen molar-refractivity contribution in [2.24, 2.45) is 0 Å². The van der Waals surface area contributed by atoms with Crippen LogP contribution in [0.4, 0.5) is 5.69 Å². The molecule has 0 aromatic heterocycles. The van der Waals surface area contributed by atoms with Crippen molar-refractivity contribution in [1.82, 2.24) is 4.72 Å². The maximum absolute atomic E-state index is 11.5. The van der Waals surface area contributed by atoms with Gasteiger partial charge in [0.05, 0.1) is 5.25 Å². The third-order valence-electron chi connectivity index (χ3n) is 2.79. The van der Waals surface area contributed by atoms with Crippen LogP contribution in [0.1, 0.15) is 20.3 Å². The minimum absolute atomic E-state index is 0.371. The van der Waals surface area contributed by atoms with E-state index in [1.807, 2.05) is 37.4 Å². The smallest absolute Gasteiger partial charge is 0.213 e. The Bertz CT molecular complexity index is 443. The third-order valence-corrected chi connectivity index (χ3v) is 4.64. The Hall–Kier alpha value is -1.07. The fraction of sp³-hybridized carbons (Fsp3) is 0.538. The van der Waals surface area contributed by atoms with E-state index in [1.54, 1.807) is 13.8 Å². The minimum atomic E-state index is -3.13. The van der Waals surface area contributed by atoms with Crippen molar-refractivity contribution >= 4 is 15.7 Å². The van der Waals surface area contributed by atoms with Crippen molar-refractivity contribution in [2.45, 2.75) is 25.5 Å². The number of rotatable bonds is 7. The van der Waals surface area contributed by atoms with Crippen LogP contribution in [-0.2, 0) is 10.0 Å². The lowest BCUT2D eigenvalue weighted by Gasteiger charge is -2.19. The molecule has 0 aliphatic heterocycles. The summed E-state index contributed by atoms with van der Waals surface area (Å²) in [6.45, 7) is 4.67.